The summed E-state index contributed by atoms with van der Waals surface area (Å²) in [6.45, 7) is 0. The Bertz CT molecular complexity index is 494. The average Bonchev–Trinajstić information content (AvgIpc) is 2.58. The summed E-state index contributed by atoms with van der Waals surface area (Å²) in [6.07, 6.45) is 1.84. The molecule has 1 fully saturated rings. The van der Waals surface area contributed by atoms with Crippen molar-refractivity contribution in [2.45, 2.75) is 0 Å². The molecule has 1 heterocycles. The highest BCUT2D eigenvalue weighted by Crippen LogP contribution is 2.31. The Morgan fingerprint density at radius 2 is 2.00 bits per heavy atom. The number of ether oxygens (including phenoxy) is 1. The number of thiocarbonyl (C=S) groups is 1. The van der Waals surface area contributed by atoms with Gasteiger partial charge in [-0.05, 0) is 23.8 Å². The number of nitrogens with zero attached hydrogens (tertiary/aromatic N) is 1. The number of likely N-dealkylation sites (N-methyl/N-ethyl adjacent to an activating group) is 1. The maximum absolute atomic E-state index is 11.8. The fourth-order valence-electron chi connectivity index (χ4n) is 1.40. The molecule has 0 unspecified atom stereocenters. The van der Waals surface area contributed by atoms with Gasteiger partial charge < -0.3 is 4.74 Å². The lowest BCUT2D eigenvalue weighted by Crippen LogP contribution is -2.22. The van der Waals surface area contributed by atoms with Crippen LogP contribution < -0.4 is 4.74 Å². The minimum absolute atomic E-state index is 0.0455. The van der Waals surface area contributed by atoms with E-state index >= 15 is 0 Å². The lowest BCUT2D eigenvalue weighted by atomic mass is 10.2. The predicted octanol–water partition coefficient (Wildman–Crippen LogP) is 2.53. The van der Waals surface area contributed by atoms with E-state index in [0.29, 0.717) is 9.23 Å². The zero-order valence-electron chi connectivity index (χ0n) is 9.47. The van der Waals surface area contributed by atoms with Crippen LogP contribution in [0.5, 0.6) is 5.75 Å². The molecule has 0 N–H and O–H groups in total. The van der Waals surface area contributed by atoms with Crippen molar-refractivity contribution in [3.05, 3.63) is 34.7 Å². The minimum atomic E-state index is -0.0455. The Kier molecular flexibility index (Phi) is 3.49. The molecule has 0 atom stereocenters. The molecule has 0 saturated carbocycles. The van der Waals surface area contributed by atoms with Crippen LogP contribution in [0.1, 0.15) is 5.56 Å². The van der Waals surface area contributed by atoms with Gasteiger partial charge >= 0.3 is 0 Å². The second kappa shape index (κ2) is 4.89. The van der Waals surface area contributed by atoms with E-state index in [4.69, 9.17) is 17.0 Å². The molecule has 0 spiro atoms. The predicted molar refractivity (Wildman–Crippen MR) is 73.9 cm³/mol. The molecule has 17 heavy (non-hydrogen) atoms. The molecule has 1 aliphatic heterocycles. The van der Waals surface area contributed by atoms with Gasteiger partial charge in [-0.15, -0.1) is 0 Å². The molecular weight excluding hydrogens is 254 g/mol. The fraction of sp³-hybridized carbons (Fsp3) is 0.167. The van der Waals surface area contributed by atoms with Crippen molar-refractivity contribution < 1.29 is 9.53 Å². The maximum atomic E-state index is 11.8. The third kappa shape index (κ3) is 2.50. The minimum Gasteiger partial charge on any atom is -0.497 e. The maximum Gasteiger partial charge on any atom is 0.265 e. The number of hydrogen-bond donors (Lipinski definition) is 0. The average molecular weight is 265 g/mol. The van der Waals surface area contributed by atoms with Gasteiger partial charge in [0.15, 0.2) is 0 Å². The Labute approximate surface area is 109 Å². The molecule has 1 aliphatic rings. The smallest absolute Gasteiger partial charge is 0.265 e. The van der Waals surface area contributed by atoms with Crippen molar-refractivity contribution in [1.82, 2.24) is 4.90 Å². The van der Waals surface area contributed by atoms with Crippen LogP contribution >= 0.6 is 24.0 Å². The van der Waals surface area contributed by atoms with Gasteiger partial charge in [0.05, 0.1) is 12.0 Å². The number of methoxy groups -OCH3 is 1. The molecule has 2 rings (SSSR count). The summed E-state index contributed by atoms with van der Waals surface area (Å²) in [6, 6.07) is 7.53. The number of thioether (sulfide) groups is 1. The normalized spacial score (nSPS) is 18.0. The summed E-state index contributed by atoms with van der Waals surface area (Å²) >= 11 is 6.38. The summed E-state index contributed by atoms with van der Waals surface area (Å²) in [5.41, 5.74) is 0.958. The van der Waals surface area contributed by atoms with Gasteiger partial charge in [0.2, 0.25) is 0 Å². The number of amides is 1. The van der Waals surface area contributed by atoms with Crippen LogP contribution in [-0.2, 0) is 4.79 Å². The summed E-state index contributed by atoms with van der Waals surface area (Å²) in [4.78, 5) is 13.9. The van der Waals surface area contributed by atoms with Crippen molar-refractivity contribution in [2.75, 3.05) is 14.2 Å². The topological polar surface area (TPSA) is 29.5 Å². The Balaban J connectivity index is 2.24. The third-order valence-electron chi connectivity index (χ3n) is 2.40. The van der Waals surface area contributed by atoms with E-state index in [1.165, 1.54) is 16.7 Å². The molecule has 88 valence electrons. The van der Waals surface area contributed by atoms with Crippen molar-refractivity contribution in [3.8, 4) is 5.75 Å². The van der Waals surface area contributed by atoms with Crippen LogP contribution in [0.3, 0.4) is 0 Å². The fourth-order valence-corrected chi connectivity index (χ4v) is 2.58. The van der Waals surface area contributed by atoms with E-state index in [9.17, 15) is 4.79 Å². The highest BCUT2D eigenvalue weighted by Gasteiger charge is 2.28. The number of hydrogen-bond acceptors (Lipinski definition) is 4. The summed E-state index contributed by atoms with van der Waals surface area (Å²) in [7, 11) is 3.31. The van der Waals surface area contributed by atoms with Crippen LogP contribution in [0.4, 0.5) is 0 Å². The van der Waals surface area contributed by atoms with Crippen molar-refractivity contribution in [2.24, 2.45) is 0 Å². The molecule has 0 radical (unpaired) electrons. The summed E-state index contributed by atoms with van der Waals surface area (Å²) < 4.78 is 5.66. The first kappa shape index (κ1) is 12.1. The van der Waals surface area contributed by atoms with Gasteiger partial charge in [0, 0.05) is 7.05 Å². The summed E-state index contributed by atoms with van der Waals surface area (Å²) in [5.74, 6) is 0.751. The molecule has 1 aromatic rings. The van der Waals surface area contributed by atoms with E-state index in [1.807, 2.05) is 30.3 Å². The highest BCUT2D eigenvalue weighted by atomic mass is 32.2. The van der Waals surface area contributed by atoms with Crippen LogP contribution in [0.15, 0.2) is 29.2 Å². The SMILES string of the molecule is COc1ccc(/C=C2\SC(=S)N(C)C2=O)cc1. The molecule has 0 aromatic heterocycles. The quantitative estimate of drug-likeness (QED) is 0.607. The van der Waals surface area contributed by atoms with Gasteiger partial charge in [-0.2, -0.15) is 0 Å². The monoisotopic (exact) mass is 265 g/mol. The Morgan fingerprint density at radius 3 is 2.47 bits per heavy atom. The van der Waals surface area contributed by atoms with Gasteiger partial charge in [-0.1, -0.05) is 36.1 Å². The van der Waals surface area contributed by atoms with Crippen LogP contribution in [0, 0.1) is 0 Å². The molecule has 3 nitrogen and oxygen atoms in total. The second-order valence-corrected chi connectivity index (χ2v) is 5.19. The first-order valence-electron chi connectivity index (χ1n) is 4.97. The second-order valence-electron chi connectivity index (χ2n) is 3.51. The van der Waals surface area contributed by atoms with Crippen molar-refractivity contribution >= 4 is 40.3 Å². The molecule has 5 heteroatoms. The van der Waals surface area contributed by atoms with E-state index in [-0.39, 0.29) is 5.91 Å². The molecule has 1 saturated heterocycles. The number of carbonyl (C=O) groups excluding carboxylic acids is 1. The third-order valence-corrected chi connectivity index (χ3v) is 3.88. The zero-order valence-corrected chi connectivity index (χ0v) is 11.1. The summed E-state index contributed by atoms with van der Waals surface area (Å²) in [5, 5.41) is 0. The van der Waals surface area contributed by atoms with Crippen LogP contribution in [0.25, 0.3) is 6.08 Å². The highest BCUT2D eigenvalue weighted by molar-refractivity contribution is 8.26. The number of carbonyl (C=O) groups is 1. The van der Waals surface area contributed by atoms with Crippen LogP contribution in [0.2, 0.25) is 0 Å². The van der Waals surface area contributed by atoms with Crippen molar-refractivity contribution in [3.63, 3.8) is 0 Å². The zero-order chi connectivity index (χ0) is 12.4. The van der Waals surface area contributed by atoms with Crippen molar-refractivity contribution in [1.29, 1.82) is 0 Å². The van der Waals surface area contributed by atoms with E-state index in [2.05, 4.69) is 0 Å². The van der Waals surface area contributed by atoms with Gasteiger partial charge in [-0.25, -0.2) is 0 Å². The van der Waals surface area contributed by atoms with Crippen LogP contribution in [-0.4, -0.2) is 29.3 Å². The lowest BCUT2D eigenvalue weighted by Gasteiger charge is -2.03. The van der Waals surface area contributed by atoms with Gasteiger partial charge in [0.1, 0.15) is 10.1 Å². The first-order valence-corrected chi connectivity index (χ1v) is 6.20. The molecule has 0 aliphatic carbocycles. The first-order chi connectivity index (χ1) is 8.11. The molecule has 1 aromatic carbocycles. The van der Waals surface area contributed by atoms with E-state index in [0.717, 1.165) is 11.3 Å². The molecule has 1 amide bonds. The largest absolute Gasteiger partial charge is 0.497 e. The lowest BCUT2D eigenvalue weighted by molar-refractivity contribution is -0.121. The number of benzene rings is 1. The van der Waals surface area contributed by atoms with Gasteiger partial charge in [0.25, 0.3) is 5.91 Å². The Morgan fingerprint density at radius 1 is 1.35 bits per heavy atom. The molecular formula is C12H11NO2S2. The van der Waals surface area contributed by atoms with E-state index in [1.54, 1.807) is 14.2 Å². The number of rotatable bonds is 2. The van der Waals surface area contributed by atoms with Gasteiger partial charge in [-0.3, -0.25) is 9.69 Å². The molecule has 0 bridgehead atoms. The standard InChI is InChI=1S/C12H11NO2S2/c1-13-11(14)10(17-12(13)16)7-8-3-5-9(15-2)6-4-8/h3-7H,1-2H3/b10-7-. The van der Waals surface area contributed by atoms with E-state index < -0.39 is 0 Å². The Hall–Kier alpha value is -1.33.